The van der Waals surface area contributed by atoms with E-state index in [4.69, 9.17) is 9.16 Å². The summed E-state index contributed by atoms with van der Waals surface area (Å²) in [5.74, 6) is -2.92. The van der Waals surface area contributed by atoms with Gasteiger partial charge in [-0.1, -0.05) is 20.8 Å². The molecule has 0 aromatic heterocycles. The van der Waals surface area contributed by atoms with Crippen molar-refractivity contribution in [2.45, 2.75) is 75.9 Å². The molecule has 13 heteroatoms. The second kappa shape index (κ2) is 11.3. The molecule has 1 amide bonds. The summed E-state index contributed by atoms with van der Waals surface area (Å²) in [6.07, 6.45) is -0.311. The Bertz CT molecular complexity index is 1530. The normalized spacial score (nSPS) is 19.8. The molecule has 2 aromatic carbocycles. The molecule has 0 unspecified atom stereocenters. The maximum Gasteiger partial charge on any atom is 0.355 e. The van der Waals surface area contributed by atoms with Crippen LogP contribution >= 0.6 is 0 Å². The van der Waals surface area contributed by atoms with Gasteiger partial charge in [0.05, 0.1) is 33.6 Å². The van der Waals surface area contributed by atoms with Crippen molar-refractivity contribution in [3.8, 4) is 0 Å². The molecule has 2 aromatic rings. The lowest BCUT2D eigenvalue weighted by molar-refractivity contribution is -0.384. The van der Waals surface area contributed by atoms with Gasteiger partial charge in [-0.05, 0) is 79.0 Å². The predicted octanol–water partition coefficient (Wildman–Crippen LogP) is 5.15. The largest absolute Gasteiger partial charge is 0.456 e. The lowest BCUT2D eigenvalue weighted by Gasteiger charge is -2.49. The van der Waals surface area contributed by atoms with Crippen LogP contribution in [0.1, 0.15) is 39.7 Å². The Labute approximate surface area is 245 Å². The zero-order valence-electron chi connectivity index (χ0n) is 24.4. The average molecular weight is 619 g/mol. The topological polar surface area (TPSA) is 133 Å². The fourth-order valence-corrected chi connectivity index (χ4v) is 7.93. The van der Waals surface area contributed by atoms with Crippen molar-refractivity contribution in [3.63, 3.8) is 0 Å². The number of fused-ring (bicyclic) bond motifs is 1. The van der Waals surface area contributed by atoms with Gasteiger partial charge in [0.15, 0.2) is 18.2 Å². The fourth-order valence-electron chi connectivity index (χ4n) is 5.07. The van der Waals surface area contributed by atoms with E-state index in [1.807, 2.05) is 6.92 Å². The molecular weight excluding hydrogens is 583 g/mol. The Balaban J connectivity index is 1.60. The molecule has 0 spiro atoms. The van der Waals surface area contributed by atoms with Crippen LogP contribution < -0.4 is 0 Å². The molecule has 0 radical (unpaired) electrons. The third kappa shape index (κ3) is 6.18. The maximum absolute atomic E-state index is 13.5. The summed E-state index contributed by atoms with van der Waals surface area (Å²) in [4.78, 5) is 38.5. The summed E-state index contributed by atoms with van der Waals surface area (Å²) in [6.45, 7) is 12.0. The number of benzene rings is 2. The Morgan fingerprint density at radius 1 is 1.14 bits per heavy atom. The minimum atomic E-state index is -3.99. The van der Waals surface area contributed by atoms with Crippen molar-refractivity contribution >= 4 is 35.7 Å². The van der Waals surface area contributed by atoms with Gasteiger partial charge >= 0.3 is 5.97 Å². The van der Waals surface area contributed by atoms with E-state index >= 15 is 0 Å². The summed E-state index contributed by atoms with van der Waals surface area (Å²) < 4.78 is 52.0. The molecule has 0 aliphatic carbocycles. The van der Waals surface area contributed by atoms with E-state index < -0.39 is 58.7 Å². The SMILES string of the molecule is C[C@@H](O[Si](C)(C)C(C)(C)C)[C@H]1C(=O)N2C(C(=O)OCc3ccc([N+](=O)[O-])cc3)=C(CS(=O)(=O)c3ccc(F)cc3)C[C@H]12. The van der Waals surface area contributed by atoms with Crippen LogP contribution in [0.4, 0.5) is 10.1 Å². The van der Waals surface area contributed by atoms with E-state index in [9.17, 15) is 32.5 Å². The number of nitro groups is 1. The Morgan fingerprint density at radius 3 is 2.29 bits per heavy atom. The van der Waals surface area contributed by atoms with Crippen molar-refractivity contribution < 1.29 is 36.5 Å². The highest BCUT2D eigenvalue weighted by atomic mass is 32.2. The average Bonchev–Trinajstić information content (AvgIpc) is 3.20. The number of amides is 1. The summed E-state index contributed by atoms with van der Waals surface area (Å²) >= 11 is 0. The van der Waals surface area contributed by atoms with Gasteiger partial charge in [-0.25, -0.2) is 17.6 Å². The highest BCUT2D eigenvalue weighted by Crippen LogP contribution is 2.47. The first-order chi connectivity index (χ1) is 19.4. The highest BCUT2D eigenvalue weighted by molar-refractivity contribution is 7.91. The number of ether oxygens (including phenoxy) is 1. The van der Waals surface area contributed by atoms with Gasteiger partial charge in [0, 0.05) is 12.1 Å². The van der Waals surface area contributed by atoms with Crippen molar-refractivity contribution in [2.24, 2.45) is 5.92 Å². The summed E-state index contributed by atoms with van der Waals surface area (Å²) in [5.41, 5.74) is 0.474. The molecule has 2 heterocycles. The first-order valence-electron chi connectivity index (χ1n) is 13.5. The van der Waals surface area contributed by atoms with Crippen LogP contribution in [0.2, 0.25) is 18.1 Å². The second-order valence-corrected chi connectivity index (χ2v) is 19.0. The van der Waals surface area contributed by atoms with Crippen LogP contribution in [0.5, 0.6) is 0 Å². The van der Waals surface area contributed by atoms with Gasteiger partial charge in [0.2, 0.25) is 5.91 Å². The van der Waals surface area contributed by atoms with Crippen LogP contribution in [0.15, 0.2) is 64.7 Å². The molecule has 4 rings (SSSR count). The number of non-ortho nitro benzene ring substituents is 1. The number of esters is 1. The van der Waals surface area contributed by atoms with Gasteiger partial charge in [-0.2, -0.15) is 0 Å². The van der Waals surface area contributed by atoms with Crippen molar-refractivity contribution in [1.29, 1.82) is 0 Å². The first kappa shape index (κ1) is 31.5. The minimum absolute atomic E-state index is 0.0943. The van der Waals surface area contributed by atoms with Crippen molar-refractivity contribution in [1.82, 2.24) is 4.90 Å². The molecule has 0 saturated carbocycles. The van der Waals surface area contributed by atoms with E-state index in [-0.39, 0.29) is 45.8 Å². The highest BCUT2D eigenvalue weighted by Gasteiger charge is 2.58. The van der Waals surface area contributed by atoms with Crippen LogP contribution in [-0.2, 0) is 35.2 Å². The molecule has 1 fully saturated rings. The Kier molecular flexibility index (Phi) is 8.51. The monoisotopic (exact) mass is 618 g/mol. The number of nitrogens with zero attached hydrogens (tertiary/aromatic N) is 2. The van der Waals surface area contributed by atoms with E-state index in [1.54, 1.807) is 0 Å². The van der Waals surface area contributed by atoms with Gasteiger partial charge < -0.3 is 14.1 Å². The van der Waals surface area contributed by atoms with Crippen molar-refractivity contribution in [2.75, 3.05) is 5.75 Å². The number of hydrogen-bond acceptors (Lipinski definition) is 8. The number of nitro benzene ring substituents is 1. The van der Waals surface area contributed by atoms with E-state index in [2.05, 4.69) is 33.9 Å². The molecular formula is C29H35FN2O8SSi. The summed E-state index contributed by atoms with van der Waals surface area (Å²) in [5, 5.41) is 10.8. The molecule has 2 aliphatic heterocycles. The summed E-state index contributed by atoms with van der Waals surface area (Å²) in [7, 11) is -6.22. The van der Waals surface area contributed by atoms with E-state index in [0.29, 0.717) is 5.56 Å². The maximum atomic E-state index is 13.5. The lowest BCUT2D eigenvalue weighted by atomic mass is 9.83. The van der Waals surface area contributed by atoms with Gasteiger partial charge in [-0.15, -0.1) is 0 Å². The molecule has 2 aliphatic rings. The molecule has 42 heavy (non-hydrogen) atoms. The van der Waals surface area contributed by atoms with Gasteiger partial charge in [0.25, 0.3) is 5.69 Å². The van der Waals surface area contributed by atoms with Gasteiger partial charge in [0.1, 0.15) is 18.1 Å². The van der Waals surface area contributed by atoms with E-state index in [0.717, 1.165) is 24.3 Å². The number of hydrogen-bond donors (Lipinski definition) is 0. The lowest BCUT2D eigenvalue weighted by Crippen LogP contribution is -2.63. The van der Waals surface area contributed by atoms with E-state index in [1.165, 1.54) is 29.2 Å². The molecule has 226 valence electrons. The standard InChI is InChI=1S/C29H35FN2O8SSi/c1-18(40-42(5,6)29(2,3)4)25-24-15-20(17-41(37,38)23-13-9-21(30)10-14-23)26(31(24)27(25)33)28(34)39-16-19-7-11-22(12-8-19)32(35)36/h7-14,18,24-25H,15-17H2,1-6H3/t18-,24-,25-/m1/s1. The molecule has 0 N–H and O–H groups in total. The van der Waals surface area contributed by atoms with Crippen molar-refractivity contribution in [3.05, 3.63) is 81.3 Å². The van der Waals surface area contributed by atoms with Crippen LogP contribution in [0.25, 0.3) is 0 Å². The molecule has 1 saturated heterocycles. The zero-order valence-corrected chi connectivity index (χ0v) is 26.2. The first-order valence-corrected chi connectivity index (χ1v) is 18.1. The van der Waals surface area contributed by atoms with Crippen LogP contribution in [0, 0.1) is 21.8 Å². The smallest absolute Gasteiger partial charge is 0.355 e. The zero-order chi connectivity index (χ0) is 31.2. The second-order valence-electron chi connectivity index (χ2n) is 12.3. The number of rotatable bonds is 10. The fraction of sp³-hybridized carbons (Fsp3) is 0.448. The van der Waals surface area contributed by atoms with Crippen LogP contribution in [-0.4, -0.2) is 56.3 Å². The third-order valence-corrected chi connectivity index (χ3v) is 14.6. The number of carbonyl (C=O) groups excluding carboxylic acids is 2. The Hall–Kier alpha value is -3.42. The summed E-state index contributed by atoms with van der Waals surface area (Å²) in [6, 6.07) is 9.38. The quantitative estimate of drug-likeness (QED) is 0.0892. The molecule has 0 bridgehead atoms. The molecule has 10 nitrogen and oxygen atoms in total. The van der Waals surface area contributed by atoms with Crippen LogP contribution in [0.3, 0.4) is 0 Å². The predicted molar refractivity (Wildman–Crippen MR) is 155 cm³/mol. The number of β-lactam (4-membered cyclic amide) rings is 1. The van der Waals surface area contributed by atoms with Gasteiger partial charge in [-0.3, -0.25) is 14.9 Å². The number of carbonyl (C=O) groups is 2. The Morgan fingerprint density at radius 2 is 1.74 bits per heavy atom. The number of halogens is 1. The minimum Gasteiger partial charge on any atom is -0.456 e. The molecule has 3 atom stereocenters. The number of sulfone groups is 1. The third-order valence-electron chi connectivity index (χ3n) is 8.34.